The van der Waals surface area contributed by atoms with Crippen molar-refractivity contribution in [2.75, 3.05) is 6.54 Å². The molecule has 0 saturated carbocycles. The molecule has 0 spiro atoms. The molecule has 0 atom stereocenters. The number of hydrogen-bond acceptors (Lipinski definition) is 3. The first-order chi connectivity index (χ1) is 11.8. The molecule has 1 aromatic carbocycles. The average Bonchev–Trinajstić information content (AvgIpc) is 3.07. The maximum atomic E-state index is 12.5. The molecule has 0 unspecified atom stereocenters. The van der Waals surface area contributed by atoms with Crippen LogP contribution in [-0.4, -0.2) is 27.6 Å². The lowest BCUT2D eigenvalue weighted by Gasteiger charge is -2.15. The van der Waals surface area contributed by atoms with Crippen LogP contribution in [0.1, 0.15) is 27.2 Å². The predicted octanol–water partition coefficient (Wildman–Crippen LogP) is 2.54. The Kier molecular flexibility index (Phi) is 3.83. The summed E-state index contributed by atoms with van der Waals surface area (Å²) in [5.74, 6) is -0.0859. The number of rotatable bonds is 4. The van der Waals surface area contributed by atoms with Crippen LogP contribution in [0.25, 0.3) is 11.3 Å². The number of aryl methyl sites for hydroxylation is 1. The Labute approximate surface area is 140 Å². The van der Waals surface area contributed by atoms with E-state index in [-0.39, 0.29) is 5.91 Å². The molecule has 0 saturated heterocycles. The summed E-state index contributed by atoms with van der Waals surface area (Å²) in [6.45, 7) is 0.591. The summed E-state index contributed by atoms with van der Waals surface area (Å²) >= 11 is 0. The van der Waals surface area contributed by atoms with E-state index in [9.17, 15) is 4.79 Å². The molecular formula is C19H18N4O. The molecule has 5 nitrogen and oxygen atoms in total. The van der Waals surface area contributed by atoms with E-state index in [0.717, 1.165) is 41.6 Å². The number of nitrogens with one attached hydrogen (secondary N) is 2. The second-order valence-corrected chi connectivity index (χ2v) is 5.94. The summed E-state index contributed by atoms with van der Waals surface area (Å²) in [5.41, 5.74) is 6.11. The predicted molar refractivity (Wildman–Crippen MR) is 91.7 cm³/mol. The van der Waals surface area contributed by atoms with Gasteiger partial charge in [0.2, 0.25) is 0 Å². The van der Waals surface area contributed by atoms with E-state index in [1.54, 1.807) is 12.4 Å². The minimum Gasteiger partial charge on any atom is -0.350 e. The first-order valence-electron chi connectivity index (χ1n) is 8.15. The number of H-pyrrole nitrogens is 1. The first-order valence-corrected chi connectivity index (χ1v) is 8.15. The Morgan fingerprint density at radius 3 is 2.83 bits per heavy atom. The van der Waals surface area contributed by atoms with Crippen LogP contribution < -0.4 is 5.32 Å². The van der Waals surface area contributed by atoms with Crippen molar-refractivity contribution in [1.82, 2.24) is 20.5 Å². The van der Waals surface area contributed by atoms with Gasteiger partial charge in [0.25, 0.3) is 5.91 Å². The SMILES string of the molecule is O=C(NCCc1ccncc1)c1[nH]nc2c1CCc1ccccc1-2. The number of aromatic amines is 1. The quantitative estimate of drug-likeness (QED) is 0.776. The molecule has 0 radical (unpaired) electrons. The van der Waals surface area contributed by atoms with Crippen molar-refractivity contribution in [3.8, 4) is 11.3 Å². The van der Waals surface area contributed by atoms with Gasteiger partial charge in [-0.05, 0) is 42.5 Å². The van der Waals surface area contributed by atoms with Gasteiger partial charge in [-0.2, -0.15) is 5.10 Å². The highest BCUT2D eigenvalue weighted by atomic mass is 16.1. The number of amides is 1. The topological polar surface area (TPSA) is 70.7 Å². The van der Waals surface area contributed by atoms with E-state index >= 15 is 0 Å². The summed E-state index contributed by atoms with van der Waals surface area (Å²) in [4.78, 5) is 16.5. The van der Waals surface area contributed by atoms with Gasteiger partial charge in [0.05, 0.1) is 5.69 Å². The van der Waals surface area contributed by atoms with Gasteiger partial charge in [-0.1, -0.05) is 24.3 Å². The van der Waals surface area contributed by atoms with E-state index in [0.29, 0.717) is 12.2 Å². The Morgan fingerprint density at radius 2 is 1.96 bits per heavy atom. The molecule has 2 heterocycles. The third-order valence-electron chi connectivity index (χ3n) is 4.46. The number of aromatic nitrogens is 3. The monoisotopic (exact) mass is 318 g/mol. The van der Waals surface area contributed by atoms with Gasteiger partial charge < -0.3 is 5.32 Å². The van der Waals surface area contributed by atoms with Crippen molar-refractivity contribution in [2.45, 2.75) is 19.3 Å². The van der Waals surface area contributed by atoms with E-state index < -0.39 is 0 Å². The van der Waals surface area contributed by atoms with E-state index in [4.69, 9.17) is 0 Å². The molecule has 1 aliphatic carbocycles. The van der Waals surface area contributed by atoms with Crippen LogP contribution in [-0.2, 0) is 19.3 Å². The van der Waals surface area contributed by atoms with Crippen molar-refractivity contribution >= 4 is 5.91 Å². The zero-order chi connectivity index (χ0) is 16.4. The standard InChI is InChI=1S/C19H18N4O/c24-19(21-12-9-13-7-10-20-11-8-13)18-16-6-5-14-3-1-2-4-15(14)17(16)22-23-18/h1-4,7-8,10-11H,5-6,9,12H2,(H,21,24)(H,22,23). The molecule has 0 bridgehead atoms. The van der Waals surface area contributed by atoms with E-state index in [2.05, 4.69) is 32.6 Å². The zero-order valence-corrected chi connectivity index (χ0v) is 13.2. The normalized spacial score (nSPS) is 12.3. The van der Waals surface area contributed by atoms with Crippen molar-refractivity contribution < 1.29 is 4.79 Å². The molecular weight excluding hydrogens is 300 g/mol. The smallest absolute Gasteiger partial charge is 0.269 e. The van der Waals surface area contributed by atoms with Crippen LogP contribution in [0.5, 0.6) is 0 Å². The minimum absolute atomic E-state index is 0.0859. The lowest BCUT2D eigenvalue weighted by molar-refractivity contribution is 0.0948. The van der Waals surface area contributed by atoms with Crippen LogP contribution in [0.4, 0.5) is 0 Å². The molecule has 1 aliphatic rings. The number of hydrogen-bond donors (Lipinski definition) is 2. The van der Waals surface area contributed by atoms with Crippen LogP contribution >= 0.6 is 0 Å². The summed E-state index contributed by atoms with van der Waals surface area (Å²) in [5, 5.41) is 10.3. The minimum atomic E-state index is -0.0859. The Bertz CT molecular complexity index is 870. The highest BCUT2D eigenvalue weighted by Gasteiger charge is 2.24. The van der Waals surface area contributed by atoms with Gasteiger partial charge in [0, 0.05) is 30.1 Å². The Balaban J connectivity index is 1.48. The Morgan fingerprint density at radius 1 is 1.12 bits per heavy atom. The maximum Gasteiger partial charge on any atom is 0.269 e. The number of benzene rings is 1. The molecule has 3 aromatic rings. The third-order valence-corrected chi connectivity index (χ3v) is 4.46. The van der Waals surface area contributed by atoms with Crippen molar-refractivity contribution in [3.63, 3.8) is 0 Å². The van der Waals surface area contributed by atoms with Gasteiger partial charge in [0.15, 0.2) is 0 Å². The lowest BCUT2D eigenvalue weighted by atomic mass is 9.89. The molecule has 24 heavy (non-hydrogen) atoms. The first kappa shape index (κ1) is 14.6. The van der Waals surface area contributed by atoms with Crippen LogP contribution in [0.2, 0.25) is 0 Å². The second kappa shape index (κ2) is 6.28. The number of carbonyl (C=O) groups excluding carboxylic acids is 1. The number of fused-ring (bicyclic) bond motifs is 3. The van der Waals surface area contributed by atoms with Crippen LogP contribution in [0, 0.1) is 0 Å². The van der Waals surface area contributed by atoms with Gasteiger partial charge >= 0.3 is 0 Å². The molecule has 120 valence electrons. The second-order valence-electron chi connectivity index (χ2n) is 5.94. The Hall–Kier alpha value is -2.95. The summed E-state index contributed by atoms with van der Waals surface area (Å²) in [6.07, 6.45) is 6.10. The highest BCUT2D eigenvalue weighted by Crippen LogP contribution is 2.33. The van der Waals surface area contributed by atoms with Crippen molar-refractivity contribution in [1.29, 1.82) is 0 Å². The summed E-state index contributed by atoms with van der Waals surface area (Å²) < 4.78 is 0. The largest absolute Gasteiger partial charge is 0.350 e. The molecule has 2 N–H and O–H groups in total. The number of carbonyl (C=O) groups is 1. The average molecular weight is 318 g/mol. The highest BCUT2D eigenvalue weighted by molar-refractivity contribution is 5.96. The molecule has 2 aromatic heterocycles. The maximum absolute atomic E-state index is 12.5. The van der Waals surface area contributed by atoms with E-state index in [1.807, 2.05) is 24.3 Å². The van der Waals surface area contributed by atoms with Gasteiger partial charge in [-0.15, -0.1) is 0 Å². The molecule has 0 fully saturated rings. The van der Waals surface area contributed by atoms with Gasteiger partial charge in [-0.25, -0.2) is 0 Å². The summed E-state index contributed by atoms with van der Waals surface area (Å²) in [6, 6.07) is 12.2. The van der Waals surface area contributed by atoms with Gasteiger partial charge in [-0.3, -0.25) is 14.9 Å². The van der Waals surface area contributed by atoms with Gasteiger partial charge in [0.1, 0.15) is 5.69 Å². The zero-order valence-electron chi connectivity index (χ0n) is 13.2. The fraction of sp³-hybridized carbons (Fsp3) is 0.211. The van der Waals surface area contributed by atoms with E-state index in [1.165, 1.54) is 5.56 Å². The van der Waals surface area contributed by atoms with Crippen LogP contribution in [0.3, 0.4) is 0 Å². The van der Waals surface area contributed by atoms with Crippen molar-refractivity contribution in [2.24, 2.45) is 0 Å². The molecule has 1 amide bonds. The number of pyridine rings is 1. The summed E-state index contributed by atoms with van der Waals surface area (Å²) in [7, 11) is 0. The third kappa shape index (κ3) is 2.69. The molecule has 5 heteroatoms. The lowest BCUT2D eigenvalue weighted by Crippen LogP contribution is -2.27. The van der Waals surface area contributed by atoms with Crippen LogP contribution in [0.15, 0.2) is 48.8 Å². The fourth-order valence-electron chi connectivity index (χ4n) is 3.21. The molecule has 4 rings (SSSR count). The molecule has 0 aliphatic heterocycles. The van der Waals surface area contributed by atoms with Crippen molar-refractivity contribution in [3.05, 3.63) is 71.2 Å². The fourth-order valence-corrected chi connectivity index (χ4v) is 3.21. The number of nitrogens with zero attached hydrogens (tertiary/aromatic N) is 2.